The van der Waals surface area contributed by atoms with Gasteiger partial charge in [-0.2, -0.15) is 0 Å². The molecule has 0 aromatic heterocycles. The number of ether oxygens (including phenoxy) is 1. The molecule has 0 aliphatic rings. The van der Waals surface area contributed by atoms with E-state index in [0.717, 1.165) is 18.4 Å². The Hall–Kier alpha value is -0.710. The molecule has 1 aromatic carbocycles. The van der Waals surface area contributed by atoms with Gasteiger partial charge in [0.05, 0.1) is 0 Å². The van der Waals surface area contributed by atoms with Gasteiger partial charge in [-0.15, -0.1) is 13.2 Å². The fraction of sp³-hybridized carbons (Fsp3) is 0.538. The Kier molecular flexibility index (Phi) is 5.50. The maximum absolute atomic E-state index is 12.0. The van der Waals surface area contributed by atoms with Crippen molar-refractivity contribution < 1.29 is 17.9 Å². The minimum atomic E-state index is -4.62. The zero-order chi connectivity index (χ0) is 13.8. The first-order chi connectivity index (χ1) is 8.28. The molecule has 102 valence electrons. The molecule has 1 rings (SSSR count). The van der Waals surface area contributed by atoms with Crippen LogP contribution in [0.3, 0.4) is 0 Å². The third-order valence-electron chi connectivity index (χ3n) is 2.59. The highest BCUT2D eigenvalue weighted by Gasteiger charge is 2.30. The van der Waals surface area contributed by atoms with Gasteiger partial charge in [-0.05, 0) is 36.5 Å². The molecule has 0 amide bonds. The highest BCUT2D eigenvalue weighted by atomic mass is 79.9. The lowest BCUT2D eigenvalue weighted by Crippen LogP contribution is -2.17. The lowest BCUT2D eigenvalue weighted by atomic mass is 10.0. The van der Waals surface area contributed by atoms with Crippen LogP contribution in [0.15, 0.2) is 24.3 Å². The third-order valence-corrected chi connectivity index (χ3v) is 4.10. The number of aryl methyl sites for hydroxylation is 1. The number of rotatable bonds is 5. The minimum Gasteiger partial charge on any atom is -0.406 e. The second-order valence-electron chi connectivity index (χ2n) is 4.49. The van der Waals surface area contributed by atoms with Gasteiger partial charge in [0.2, 0.25) is 0 Å². The number of alkyl halides is 4. The Labute approximate surface area is 113 Å². The first kappa shape index (κ1) is 15.3. The number of hydrogen-bond donors (Lipinski definition) is 0. The first-order valence-electron chi connectivity index (χ1n) is 5.76. The van der Waals surface area contributed by atoms with Crippen LogP contribution in [0.25, 0.3) is 0 Å². The lowest BCUT2D eigenvalue weighted by molar-refractivity contribution is -0.274. The van der Waals surface area contributed by atoms with E-state index < -0.39 is 6.36 Å². The summed E-state index contributed by atoms with van der Waals surface area (Å²) in [7, 11) is 0. The quantitative estimate of drug-likeness (QED) is 0.697. The van der Waals surface area contributed by atoms with Gasteiger partial charge < -0.3 is 4.74 Å². The summed E-state index contributed by atoms with van der Waals surface area (Å²) in [5.74, 6) is 0.364. The van der Waals surface area contributed by atoms with Crippen molar-refractivity contribution in [3.05, 3.63) is 29.8 Å². The van der Waals surface area contributed by atoms with Crippen LogP contribution in [0, 0.1) is 5.92 Å². The van der Waals surface area contributed by atoms with Gasteiger partial charge in [0.1, 0.15) is 5.75 Å². The number of hydrogen-bond acceptors (Lipinski definition) is 1. The van der Waals surface area contributed by atoms with Gasteiger partial charge in [0.15, 0.2) is 0 Å². The molecule has 1 nitrogen and oxygen atoms in total. The second-order valence-corrected chi connectivity index (χ2v) is 5.67. The molecule has 0 saturated carbocycles. The highest BCUT2D eigenvalue weighted by Crippen LogP contribution is 2.24. The fourth-order valence-electron chi connectivity index (χ4n) is 1.50. The topological polar surface area (TPSA) is 9.23 Å². The molecule has 0 heterocycles. The van der Waals surface area contributed by atoms with Crippen LogP contribution < -0.4 is 4.74 Å². The summed E-state index contributed by atoms with van der Waals surface area (Å²) < 4.78 is 39.7. The fourth-order valence-corrected chi connectivity index (χ4v) is 1.72. The van der Waals surface area contributed by atoms with Crippen molar-refractivity contribution in [2.75, 3.05) is 0 Å². The summed E-state index contributed by atoms with van der Waals surface area (Å²) in [6.07, 6.45) is -2.84. The van der Waals surface area contributed by atoms with Gasteiger partial charge in [-0.25, -0.2) is 0 Å². The van der Waals surface area contributed by atoms with Crippen LogP contribution in [0.1, 0.15) is 25.8 Å². The van der Waals surface area contributed by atoms with Gasteiger partial charge in [-0.3, -0.25) is 0 Å². The van der Waals surface area contributed by atoms with Crippen LogP contribution in [0.4, 0.5) is 13.2 Å². The number of benzene rings is 1. The van der Waals surface area contributed by atoms with Crippen LogP contribution in [-0.4, -0.2) is 11.2 Å². The average molecular weight is 325 g/mol. The molecule has 0 radical (unpaired) electrons. The van der Waals surface area contributed by atoms with E-state index >= 15 is 0 Å². The molecular formula is C13H16BrF3O. The van der Waals surface area contributed by atoms with E-state index in [9.17, 15) is 13.2 Å². The largest absolute Gasteiger partial charge is 0.573 e. The third kappa shape index (κ3) is 5.76. The minimum absolute atomic E-state index is 0.175. The predicted octanol–water partition coefficient (Wildman–Crippen LogP) is 4.94. The van der Waals surface area contributed by atoms with E-state index in [0.29, 0.717) is 10.7 Å². The van der Waals surface area contributed by atoms with E-state index in [1.165, 1.54) is 12.1 Å². The van der Waals surface area contributed by atoms with E-state index in [-0.39, 0.29) is 5.75 Å². The standard InChI is InChI=1S/C13H16BrF3O/c1-9(2)12(14)8-5-10-3-6-11(7-4-10)18-13(15,16)17/h3-4,6-7,9,12H,5,8H2,1-2H3. The molecule has 1 atom stereocenters. The SMILES string of the molecule is CC(C)C(Br)CCc1ccc(OC(F)(F)F)cc1. The zero-order valence-corrected chi connectivity index (χ0v) is 11.9. The number of halogens is 4. The summed E-state index contributed by atoms with van der Waals surface area (Å²) >= 11 is 3.58. The molecule has 1 aromatic rings. The maximum Gasteiger partial charge on any atom is 0.573 e. The molecule has 0 bridgehead atoms. The molecule has 0 N–H and O–H groups in total. The normalized spacial score (nSPS) is 13.7. The van der Waals surface area contributed by atoms with E-state index in [4.69, 9.17) is 0 Å². The van der Waals surface area contributed by atoms with Gasteiger partial charge >= 0.3 is 6.36 Å². The summed E-state index contributed by atoms with van der Waals surface area (Å²) in [5.41, 5.74) is 1.01. The van der Waals surface area contributed by atoms with Crippen molar-refractivity contribution >= 4 is 15.9 Å². The van der Waals surface area contributed by atoms with Crippen LogP contribution in [0.2, 0.25) is 0 Å². The molecule has 1 unspecified atom stereocenters. The molecule has 0 fully saturated rings. The van der Waals surface area contributed by atoms with E-state index in [1.54, 1.807) is 12.1 Å². The smallest absolute Gasteiger partial charge is 0.406 e. The van der Waals surface area contributed by atoms with Gasteiger partial charge in [0, 0.05) is 4.83 Å². The molecule has 18 heavy (non-hydrogen) atoms. The zero-order valence-electron chi connectivity index (χ0n) is 10.3. The molecule has 5 heteroatoms. The van der Waals surface area contributed by atoms with Crippen molar-refractivity contribution in [1.82, 2.24) is 0 Å². The Morgan fingerprint density at radius 1 is 1.17 bits per heavy atom. The summed E-state index contributed by atoms with van der Waals surface area (Å²) in [4.78, 5) is 0.420. The Morgan fingerprint density at radius 2 is 1.72 bits per heavy atom. The summed E-state index contributed by atoms with van der Waals surface area (Å²) in [6.45, 7) is 4.25. The van der Waals surface area contributed by atoms with E-state index in [1.807, 2.05) is 0 Å². The van der Waals surface area contributed by atoms with Crippen LogP contribution >= 0.6 is 15.9 Å². The summed E-state index contributed by atoms with van der Waals surface area (Å²) in [5, 5.41) is 0. The van der Waals surface area contributed by atoms with Crippen LogP contribution in [-0.2, 0) is 6.42 Å². The van der Waals surface area contributed by atoms with E-state index in [2.05, 4.69) is 34.5 Å². The monoisotopic (exact) mass is 324 g/mol. The van der Waals surface area contributed by atoms with Crippen molar-refractivity contribution in [2.24, 2.45) is 5.92 Å². The molecule has 0 spiro atoms. The first-order valence-corrected chi connectivity index (χ1v) is 6.68. The van der Waals surface area contributed by atoms with Gasteiger partial charge in [-0.1, -0.05) is 41.9 Å². The molecule has 0 aliphatic carbocycles. The maximum atomic E-state index is 12.0. The highest BCUT2D eigenvalue weighted by molar-refractivity contribution is 9.09. The van der Waals surface area contributed by atoms with Gasteiger partial charge in [0.25, 0.3) is 0 Å². The molecular weight excluding hydrogens is 309 g/mol. The lowest BCUT2D eigenvalue weighted by Gasteiger charge is -2.13. The van der Waals surface area contributed by atoms with Crippen molar-refractivity contribution in [3.63, 3.8) is 0 Å². The predicted molar refractivity (Wildman–Crippen MR) is 69.0 cm³/mol. The molecule has 0 aliphatic heterocycles. The Bertz CT molecular complexity index is 359. The summed E-state index contributed by atoms with van der Waals surface area (Å²) in [6, 6.07) is 6.03. The van der Waals surface area contributed by atoms with Crippen LogP contribution in [0.5, 0.6) is 5.75 Å². The Balaban J connectivity index is 2.50. The van der Waals surface area contributed by atoms with Crippen molar-refractivity contribution in [3.8, 4) is 5.75 Å². The Morgan fingerprint density at radius 3 is 2.17 bits per heavy atom. The average Bonchev–Trinajstić information content (AvgIpc) is 2.25. The molecule has 0 saturated heterocycles. The van der Waals surface area contributed by atoms with Crippen molar-refractivity contribution in [1.29, 1.82) is 0 Å². The second kappa shape index (κ2) is 6.45. The van der Waals surface area contributed by atoms with Crippen molar-refractivity contribution in [2.45, 2.75) is 37.9 Å².